The van der Waals surface area contributed by atoms with Gasteiger partial charge in [-0.3, -0.25) is 9.58 Å². The SMILES string of the molecule is Cn1cc(CN2CCCC(c3nc4ccc(N5CCOCC5)cn4n3)C2)cn1. The summed E-state index contributed by atoms with van der Waals surface area (Å²) in [4.78, 5) is 9.68. The minimum atomic E-state index is 0.386. The molecule has 8 nitrogen and oxygen atoms in total. The number of piperidine rings is 1. The van der Waals surface area contributed by atoms with Crippen LogP contribution in [0.15, 0.2) is 30.7 Å². The lowest BCUT2D eigenvalue weighted by Gasteiger charge is -2.30. The number of anilines is 1. The van der Waals surface area contributed by atoms with Crippen LogP contribution in [0.3, 0.4) is 0 Å². The van der Waals surface area contributed by atoms with E-state index in [4.69, 9.17) is 14.8 Å². The predicted molar refractivity (Wildman–Crippen MR) is 106 cm³/mol. The van der Waals surface area contributed by atoms with Crippen molar-refractivity contribution in [3.63, 3.8) is 0 Å². The Morgan fingerprint density at radius 3 is 2.86 bits per heavy atom. The maximum absolute atomic E-state index is 5.46. The lowest BCUT2D eigenvalue weighted by Crippen LogP contribution is -2.36. The highest BCUT2D eigenvalue weighted by Gasteiger charge is 2.25. The first-order valence-electron chi connectivity index (χ1n) is 10.1. The summed E-state index contributed by atoms with van der Waals surface area (Å²) in [6, 6.07) is 4.23. The Labute approximate surface area is 164 Å². The molecule has 3 aromatic heterocycles. The van der Waals surface area contributed by atoms with Gasteiger partial charge in [0.05, 0.1) is 31.3 Å². The molecule has 2 saturated heterocycles. The Kier molecular flexibility index (Phi) is 4.74. The summed E-state index contributed by atoms with van der Waals surface area (Å²) in [5, 5.41) is 9.13. The fraction of sp³-hybridized carbons (Fsp3) is 0.550. The number of ether oxygens (including phenoxy) is 1. The molecule has 0 aromatic carbocycles. The van der Waals surface area contributed by atoms with E-state index in [0.29, 0.717) is 5.92 Å². The Balaban J connectivity index is 1.32. The third-order valence-corrected chi connectivity index (χ3v) is 5.74. The zero-order valence-electron chi connectivity index (χ0n) is 16.4. The second-order valence-corrected chi connectivity index (χ2v) is 7.86. The normalized spacial score (nSPS) is 21.5. The summed E-state index contributed by atoms with van der Waals surface area (Å²) in [6.07, 6.45) is 8.49. The van der Waals surface area contributed by atoms with Crippen molar-refractivity contribution in [1.82, 2.24) is 29.3 Å². The lowest BCUT2D eigenvalue weighted by atomic mass is 9.97. The van der Waals surface area contributed by atoms with E-state index in [1.54, 1.807) is 0 Å². The second-order valence-electron chi connectivity index (χ2n) is 7.86. The van der Waals surface area contributed by atoms with Crippen LogP contribution in [0.4, 0.5) is 5.69 Å². The van der Waals surface area contributed by atoms with Crippen LogP contribution in [0.2, 0.25) is 0 Å². The van der Waals surface area contributed by atoms with Gasteiger partial charge in [-0.15, -0.1) is 0 Å². The van der Waals surface area contributed by atoms with Crippen LogP contribution in [0, 0.1) is 0 Å². The monoisotopic (exact) mass is 381 g/mol. The van der Waals surface area contributed by atoms with Crippen molar-refractivity contribution in [3.8, 4) is 0 Å². The maximum Gasteiger partial charge on any atom is 0.156 e. The van der Waals surface area contributed by atoms with Gasteiger partial charge in [-0.25, -0.2) is 9.50 Å². The molecule has 3 aromatic rings. The van der Waals surface area contributed by atoms with Gasteiger partial charge < -0.3 is 9.64 Å². The fourth-order valence-electron chi connectivity index (χ4n) is 4.29. The van der Waals surface area contributed by atoms with E-state index in [1.807, 2.05) is 22.4 Å². The fourth-order valence-corrected chi connectivity index (χ4v) is 4.29. The number of aryl methyl sites for hydroxylation is 1. The molecule has 5 heterocycles. The van der Waals surface area contributed by atoms with Gasteiger partial charge in [0.1, 0.15) is 0 Å². The van der Waals surface area contributed by atoms with Gasteiger partial charge in [0.2, 0.25) is 0 Å². The van der Waals surface area contributed by atoms with Crippen molar-refractivity contribution in [2.45, 2.75) is 25.3 Å². The van der Waals surface area contributed by atoms with E-state index in [-0.39, 0.29) is 0 Å². The first-order valence-corrected chi connectivity index (χ1v) is 10.1. The summed E-state index contributed by atoms with van der Waals surface area (Å²) >= 11 is 0. The highest BCUT2D eigenvalue weighted by atomic mass is 16.5. The zero-order chi connectivity index (χ0) is 18.9. The minimum Gasteiger partial charge on any atom is -0.378 e. The quantitative estimate of drug-likeness (QED) is 0.685. The van der Waals surface area contributed by atoms with Crippen molar-refractivity contribution >= 4 is 11.3 Å². The van der Waals surface area contributed by atoms with Gasteiger partial charge in [0, 0.05) is 50.9 Å². The summed E-state index contributed by atoms with van der Waals surface area (Å²) in [6.45, 7) is 6.50. The molecule has 2 fully saturated rings. The van der Waals surface area contributed by atoms with Crippen molar-refractivity contribution in [2.75, 3.05) is 44.3 Å². The second kappa shape index (κ2) is 7.52. The molecule has 0 aliphatic carbocycles. The highest BCUT2D eigenvalue weighted by Crippen LogP contribution is 2.26. The molecule has 2 aliphatic rings. The number of aromatic nitrogens is 5. The van der Waals surface area contributed by atoms with Crippen LogP contribution >= 0.6 is 0 Å². The zero-order valence-corrected chi connectivity index (χ0v) is 16.4. The van der Waals surface area contributed by atoms with Crippen LogP contribution in [-0.2, 0) is 18.3 Å². The number of fused-ring (bicyclic) bond motifs is 1. The van der Waals surface area contributed by atoms with Crippen LogP contribution in [0.1, 0.15) is 30.1 Å². The number of likely N-dealkylation sites (tertiary alicyclic amines) is 1. The molecule has 28 heavy (non-hydrogen) atoms. The van der Waals surface area contributed by atoms with Crippen molar-refractivity contribution in [3.05, 3.63) is 42.1 Å². The maximum atomic E-state index is 5.46. The molecule has 1 unspecified atom stereocenters. The minimum absolute atomic E-state index is 0.386. The molecule has 0 radical (unpaired) electrons. The number of nitrogens with zero attached hydrogens (tertiary/aromatic N) is 7. The standard InChI is InChI=1S/C20H27N7O/c1-24-12-16(11-21-24)13-25-6-2-3-17(14-25)20-22-19-5-4-18(15-27(19)23-20)26-7-9-28-10-8-26/h4-5,11-12,15,17H,2-3,6-10,13-14H2,1H3. The third kappa shape index (κ3) is 3.62. The number of pyridine rings is 1. The average Bonchev–Trinajstić information content (AvgIpc) is 3.34. The number of hydrogen-bond donors (Lipinski definition) is 0. The Morgan fingerprint density at radius 1 is 1.14 bits per heavy atom. The van der Waals surface area contributed by atoms with Gasteiger partial charge in [-0.1, -0.05) is 0 Å². The predicted octanol–water partition coefficient (Wildman–Crippen LogP) is 1.68. The molecule has 0 saturated carbocycles. The molecular weight excluding hydrogens is 354 g/mol. The van der Waals surface area contributed by atoms with Crippen molar-refractivity contribution in [1.29, 1.82) is 0 Å². The molecule has 2 aliphatic heterocycles. The van der Waals surface area contributed by atoms with Gasteiger partial charge in [-0.2, -0.15) is 10.2 Å². The first kappa shape index (κ1) is 17.6. The molecule has 8 heteroatoms. The van der Waals surface area contributed by atoms with Crippen molar-refractivity contribution < 1.29 is 4.74 Å². The summed E-state index contributed by atoms with van der Waals surface area (Å²) in [7, 11) is 1.97. The summed E-state index contributed by atoms with van der Waals surface area (Å²) < 4.78 is 9.27. The van der Waals surface area contributed by atoms with E-state index < -0.39 is 0 Å². The van der Waals surface area contributed by atoms with Crippen LogP contribution in [-0.4, -0.2) is 68.7 Å². The molecule has 148 valence electrons. The molecule has 0 bridgehead atoms. The number of hydrogen-bond acceptors (Lipinski definition) is 6. The van der Waals surface area contributed by atoms with Crippen molar-refractivity contribution in [2.24, 2.45) is 7.05 Å². The smallest absolute Gasteiger partial charge is 0.156 e. The summed E-state index contributed by atoms with van der Waals surface area (Å²) in [5.41, 5.74) is 3.38. The molecule has 0 spiro atoms. The number of rotatable bonds is 4. The first-order chi connectivity index (χ1) is 13.7. The Hall–Kier alpha value is -2.45. The summed E-state index contributed by atoms with van der Waals surface area (Å²) in [5.74, 6) is 1.35. The van der Waals surface area contributed by atoms with Crippen LogP contribution in [0.25, 0.3) is 5.65 Å². The Bertz CT molecular complexity index is 943. The lowest BCUT2D eigenvalue weighted by molar-refractivity contribution is 0.122. The molecule has 0 amide bonds. The van der Waals surface area contributed by atoms with E-state index in [9.17, 15) is 0 Å². The van der Waals surface area contributed by atoms with Gasteiger partial charge in [-0.05, 0) is 31.5 Å². The molecule has 0 N–H and O–H groups in total. The largest absolute Gasteiger partial charge is 0.378 e. The average molecular weight is 381 g/mol. The Morgan fingerprint density at radius 2 is 2.04 bits per heavy atom. The number of morpholine rings is 1. The third-order valence-electron chi connectivity index (χ3n) is 5.74. The van der Waals surface area contributed by atoms with E-state index in [1.165, 1.54) is 17.7 Å². The van der Waals surface area contributed by atoms with E-state index in [2.05, 4.69) is 39.4 Å². The van der Waals surface area contributed by atoms with Gasteiger partial charge >= 0.3 is 0 Å². The van der Waals surface area contributed by atoms with Gasteiger partial charge in [0.25, 0.3) is 0 Å². The van der Waals surface area contributed by atoms with E-state index in [0.717, 1.165) is 63.8 Å². The van der Waals surface area contributed by atoms with Crippen LogP contribution < -0.4 is 4.90 Å². The van der Waals surface area contributed by atoms with E-state index >= 15 is 0 Å². The molecule has 1 atom stereocenters. The molecule has 5 rings (SSSR count). The molecular formula is C20H27N7O. The highest BCUT2D eigenvalue weighted by molar-refractivity contribution is 5.51. The topological polar surface area (TPSA) is 63.7 Å². The van der Waals surface area contributed by atoms with Gasteiger partial charge in [0.15, 0.2) is 11.5 Å². The van der Waals surface area contributed by atoms with Crippen LogP contribution in [0.5, 0.6) is 0 Å².